The van der Waals surface area contributed by atoms with Crippen LogP contribution in [0.1, 0.15) is 80.6 Å². The van der Waals surface area contributed by atoms with Crippen molar-refractivity contribution in [3.05, 3.63) is 0 Å². The number of carbonyl (C=O) groups excluding carboxylic acids is 4. The number of hydrogen-bond acceptors (Lipinski definition) is 7. The predicted octanol–water partition coefficient (Wildman–Crippen LogP) is 3.41. The van der Waals surface area contributed by atoms with Gasteiger partial charge in [-0.2, -0.15) is 0 Å². The Balaban J connectivity index is 1.94. The summed E-state index contributed by atoms with van der Waals surface area (Å²) in [5.41, 5.74) is -2.64. The highest BCUT2D eigenvalue weighted by Gasteiger charge is 2.66. The number of fused-ring (bicyclic) bond motifs is 3. The predicted molar refractivity (Wildman–Crippen MR) is 112 cm³/mol. The Labute approximate surface area is 184 Å². The molecule has 2 aliphatic carbocycles. The molecule has 1 saturated heterocycles. The standard InChI is InChI=1S/C24H36O7/c1-14(25)29-13-20(30-15(2)26)24(7)19(28)12-17-22(5)10-9-18(27)21(3,4)16(22)8-11-23(17,6)31-24/h16-17,20H,8-13H2,1-7H3/t16?,17?,20-,22-,23+,24-/m1/s1. The first-order chi connectivity index (χ1) is 14.2. The Hall–Kier alpha value is -1.76. The highest BCUT2D eigenvalue weighted by molar-refractivity contribution is 5.90. The molecule has 0 radical (unpaired) electrons. The number of esters is 2. The van der Waals surface area contributed by atoms with Crippen molar-refractivity contribution in [1.82, 2.24) is 0 Å². The first-order valence-corrected chi connectivity index (χ1v) is 11.2. The number of ether oxygens (including phenoxy) is 3. The van der Waals surface area contributed by atoms with E-state index in [1.54, 1.807) is 6.92 Å². The summed E-state index contributed by atoms with van der Waals surface area (Å²) < 4.78 is 17.1. The maximum atomic E-state index is 13.5. The molecule has 0 aromatic carbocycles. The molecular formula is C24H36O7. The van der Waals surface area contributed by atoms with Crippen LogP contribution in [0.4, 0.5) is 0 Å². The third kappa shape index (κ3) is 3.83. The molecule has 31 heavy (non-hydrogen) atoms. The van der Waals surface area contributed by atoms with Gasteiger partial charge in [0.25, 0.3) is 0 Å². The summed E-state index contributed by atoms with van der Waals surface area (Å²) >= 11 is 0. The maximum absolute atomic E-state index is 13.5. The minimum absolute atomic E-state index is 0.0431. The molecule has 1 heterocycles. The van der Waals surface area contributed by atoms with Crippen LogP contribution >= 0.6 is 0 Å². The fraction of sp³-hybridized carbons (Fsp3) is 0.833. The Morgan fingerprint density at radius 2 is 1.65 bits per heavy atom. The van der Waals surface area contributed by atoms with Crippen LogP contribution in [0.3, 0.4) is 0 Å². The number of carbonyl (C=O) groups is 4. The van der Waals surface area contributed by atoms with Crippen molar-refractivity contribution in [2.24, 2.45) is 22.7 Å². The molecule has 7 heteroatoms. The summed E-state index contributed by atoms with van der Waals surface area (Å²) in [6, 6.07) is 0. The number of Topliss-reactive ketones (excluding diaryl/α,β-unsaturated/α-hetero) is 2. The molecule has 2 unspecified atom stereocenters. The van der Waals surface area contributed by atoms with Gasteiger partial charge in [0.2, 0.25) is 0 Å². The van der Waals surface area contributed by atoms with Crippen LogP contribution in [0.2, 0.25) is 0 Å². The zero-order chi connectivity index (χ0) is 23.4. The minimum atomic E-state index is -1.41. The van der Waals surface area contributed by atoms with Crippen molar-refractivity contribution in [3.63, 3.8) is 0 Å². The van der Waals surface area contributed by atoms with Gasteiger partial charge in [0, 0.05) is 38.0 Å². The molecule has 0 spiro atoms. The van der Waals surface area contributed by atoms with Crippen molar-refractivity contribution in [3.8, 4) is 0 Å². The monoisotopic (exact) mass is 436 g/mol. The largest absolute Gasteiger partial charge is 0.462 e. The van der Waals surface area contributed by atoms with Gasteiger partial charge in [0.05, 0.1) is 5.60 Å². The van der Waals surface area contributed by atoms with E-state index >= 15 is 0 Å². The van der Waals surface area contributed by atoms with Crippen molar-refractivity contribution < 1.29 is 33.4 Å². The molecule has 0 aromatic rings. The summed E-state index contributed by atoms with van der Waals surface area (Å²) in [5, 5.41) is 0. The van der Waals surface area contributed by atoms with Gasteiger partial charge in [0.1, 0.15) is 12.4 Å². The maximum Gasteiger partial charge on any atom is 0.303 e. The topological polar surface area (TPSA) is 96.0 Å². The molecule has 0 amide bonds. The lowest BCUT2D eigenvalue weighted by Crippen LogP contribution is -2.69. The van der Waals surface area contributed by atoms with Crippen LogP contribution in [0.15, 0.2) is 0 Å². The zero-order valence-electron chi connectivity index (χ0n) is 19.8. The Morgan fingerprint density at radius 3 is 2.23 bits per heavy atom. The second kappa shape index (κ2) is 7.68. The highest BCUT2D eigenvalue weighted by Crippen LogP contribution is 2.64. The van der Waals surface area contributed by atoms with Crippen molar-refractivity contribution in [2.45, 2.75) is 97.9 Å². The van der Waals surface area contributed by atoms with Gasteiger partial charge in [-0.25, -0.2) is 0 Å². The van der Waals surface area contributed by atoms with Crippen LogP contribution in [0.25, 0.3) is 0 Å². The molecule has 0 bridgehead atoms. The first kappa shape index (κ1) is 23.9. The van der Waals surface area contributed by atoms with Crippen LogP contribution in [-0.4, -0.2) is 47.4 Å². The Bertz CT molecular complexity index is 802. The van der Waals surface area contributed by atoms with Crippen molar-refractivity contribution in [2.75, 3.05) is 6.61 Å². The van der Waals surface area contributed by atoms with Crippen LogP contribution < -0.4 is 0 Å². The van der Waals surface area contributed by atoms with Crippen LogP contribution in [0, 0.1) is 22.7 Å². The van der Waals surface area contributed by atoms with Crippen molar-refractivity contribution >= 4 is 23.5 Å². The zero-order valence-corrected chi connectivity index (χ0v) is 19.8. The van der Waals surface area contributed by atoms with E-state index in [4.69, 9.17) is 14.2 Å². The van der Waals surface area contributed by atoms with Gasteiger partial charge in [-0.1, -0.05) is 20.8 Å². The molecule has 2 saturated carbocycles. The lowest BCUT2D eigenvalue weighted by molar-refractivity contribution is -0.271. The summed E-state index contributed by atoms with van der Waals surface area (Å²) in [5.74, 6) is -0.808. The molecule has 3 aliphatic rings. The molecule has 0 aromatic heterocycles. The van der Waals surface area contributed by atoms with E-state index in [0.717, 1.165) is 12.8 Å². The molecule has 3 rings (SSSR count). The Morgan fingerprint density at radius 1 is 1.00 bits per heavy atom. The Kier molecular flexibility index (Phi) is 5.92. The molecule has 174 valence electrons. The average Bonchev–Trinajstić information content (AvgIpc) is 2.63. The smallest absolute Gasteiger partial charge is 0.303 e. The van der Waals surface area contributed by atoms with E-state index in [1.165, 1.54) is 13.8 Å². The minimum Gasteiger partial charge on any atom is -0.462 e. The van der Waals surface area contributed by atoms with E-state index in [-0.39, 0.29) is 36.1 Å². The summed E-state index contributed by atoms with van der Waals surface area (Å²) in [4.78, 5) is 49.2. The highest BCUT2D eigenvalue weighted by atomic mass is 16.6. The number of hydrogen-bond donors (Lipinski definition) is 0. The van der Waals surface area contributed by atoms with E-state index in [2.05, 4.69) is 6.92 Å². The second-order valence-corrected chi connectivity index (χ2v) is 10.8. The normalized spacial score (nSPS) is 40.4. The molecule has 7 nitrogen and oxygen atoms in total. The lowest BCUT2D eigenvalue weighted by atomic mass is 9.44. The lowest BCUT2D eigenvalue weighted by Gasteiger charge is -2.64. The summed E-state index contributed by atoms with van der Waals surface area (Å²) in [6.07, 6.45) is 2.05. The third-order valence-corrected chi connectivity index (χ3v) is 8.49. The second-order valence-electron chi connectivity index (χ2n) is 10.8. The van der Waals surface area contributed by atoms with Gasteiger partial charge < -0.3 is 14.2 Å². The van der Waals surface area contributed by atoms with Gasteiger partial charge >= 0.3 is 11.9 Å². The van der Waals surface area contributed by atoms with Gasteiger partial charge in [0.15, 0.2) is 17.5 Å². The fourth-order valence-corrected chi connectivity index (χ4v) is 6.75. The third-order valence-electron chi connectivity index (χ3n) is 8.49. The van der Waals surface area contributed by atoms with Gasteiger partial charge in [-0.3, -0.25) is 19.2 Å². The summed E-state index contributed by atoms with van der Waals surface area (Å²) in [6.45, 7) is 12.2. The van der Waals surface area contributed by atoms with E-state index < -0.39 is 34.7 Å². The number of rotatable bonds is 4. The molecule has 3 fully saturated rings. The van der Waals surface area contributed by atoms with Gasteiger partial charge in [-0.05, 0) is 44.4 Å². The quantitative estimate of drug-likeness (QED) is 0.623. The molecular weight excluding hydrogens is 400 g/mol. The van der Waals surface area contributed by atoms with Gasteiger partial charge in [-0.15, -0.1) is 0 Å². The van der Waals surface area contributed by atoms with E-state index in [1.807, 2.05) is 20.8 Å². The fourth-order valence-electron chi connectivity index (χ4n) is 6.75. The average molecular weight is 437 g/mol. The number of ketones is 2. The van der Waals surface area contributed by atoms with Crippen molar-refractivity contribution in [1.29, 1.82) is 0 Å². The van der Waals surface area contributed by atoms with E-state index in [9.17, 15) is 19.2 Å². The first-order valence-electron chi connectivity index (χ1n) is 11.2. The SMILES string of the molecule is CC(=O)OC[C@@H](OC(C)=O)[C@]1(C)O[C@@]2(C)CCC3C(C)(C)C(=O)CC[C@@]3(C)C2CC1=O. The van der Waals surface area contributed by atoms with Crippen LogP contribution in [0.5, 0.6) is 0 Å². The molecule has 6 atom stereocenters. The summed E-state index contributed by atoms with van der Waals surface area (Å²) in [7, 11) is 0. The molecule has 0 N–H and O–H groups in total. The molecule has 1 aliphatic heterocycles. The van der Waals surface area contributed by atoms with Crippen LogP contribution in [-0.2, 0) is 33.4 Å². The van der Waals surface area contributed by atoms with E-state index in [0.29, 0.717) is 18.6 Å².